The average Bonchev–Trinajstić information content (AvgIpc) is 2.82. The van der Waals surface area contributed by atoms with Crippen molar-refractivity contribution in [2.24, 2.45) is 5.92 Å². The van der Waals surface area contributed by atoms with Gasteiger partial charge in [-0.15, -0.1) is 11.3 Å². The highest BCUT2D eigenvalue weighted by atomic mass is 79.9. The van der Waals surface area contributed by atoms with E-state index in [1.165, 1.54) is 34.9 Å². The number of aliphatic hydroxyl groups is 1. The van der Waals surface area contributed by atoms with Crippen molar-refractivity contribution in [1.82, 2.24) is 4.31 Å². The predicted octanol–water partition coefficient (Wildman–Crippen LogP) is 3.20. The van der Waals surface area contributed by atoms with Crippen LogP contribution < -0.4 is 0 Å². The minimum atomic E-state index is -3.47. The van der Waals surface area contributed by atoms with Crippen molar-refractivity contribution in [1.29, 1.82) is 0 Å². The molecule has 0 aromatic carbocycles. The molecule has 2 rings (SSSR count). The van der Waals surface area contributed by atoms with Gasteiger partial charge < -0.3 is 5.11 Å². The molecular weight excluding hydrogens is 362 g/mol. The minimum absolute atomic E-state index is 0.134. The lowest BCUT2D eigenvalue weighted by molar-refractivity contribution is 0.285. The summed E-state index contributed by atoms with van der Waals surface area (Å²) in [4.78, 5) is 0.923. The van der Waals surface area contributed by atoms with E-state index in [4.69, 9.17) is 5.11 Å². The van der Waals surface area contributed by atoms with Gasteiger partial charge >= 0.3 is 0 Å². The zero-order valence-electron chi connectivity index (χ0n) is 11.5. The zero-order valence-corrected chi connectivity index (χ0v) is 14.7. The summed E-state index contributed by atoms with van der Waals surface area (Å²) < 4.78 is 27.2. The molecule has 0 saturated heterocycles. The molecule has 1 saturated carbocycles. The molecule has 0 atom stereocenters. The van der Waals surface area contributed by atoms with Crippen LogP contribution >= 0.6 is 27.3 Å². The lowest BCUT2D eigenvalue weighted by Gasteiger charge is -2.26. The van der Waals surface area contributed by atoms with Crippen molar-refractivity contribution >= 4 is 37.3 Å². The van der Waals surface area contributed by atoms with E-state index in [-0.39, 0.29) is 11.5 Å². The number of sulfonamides is 1. The third-order valence-electron chi connectivity index (χ3n) is 3.79. The first-order valence-electron chi connectivity index (χ1n) is 6.80. The van der Waals surface area contributed by atoms with Crippen LogP contribution in [0.4, 0.5) is 0 Å². The van der Waals surface area contributed by atoms with Crippen LogP contribution in [0.15, 0.2) is 14.7 Å². The van der Waals surface area contributed by atoms with Gasteiger partial charge in [-0.25, -0.2) is 12.7 Å². The average molecular weight is 382 g/mol. The molecule has 0 amide bonds. The molecule has 0 bridgehead atoms. The largest absolute Gasteiger partial charge is 0.391 e. The van der Waals surface area contributed by atoms with Crippen molar-refractivity contribution in [3.63, 3.8) is 0 Å². The number of aliphatic hydroxyl groups excluding tert-OH is 1. The molecule has 0 radical (unpaired) electrons. The van der Waals surface area contributed by atoms with Crippen LogP contribution in [-0.2, 0) is 16.6 Å². The molecule has 4 nitrogen and oxygen atoms in total. The van der Waals surface area contributed by atoms with Crippen molar-refractivity contribution in [3.05, 3.63) is 14.7 Å². The van der Waals surface area contributed by atoms with Crippen LogP contribution in [0.5, 0.6) is 0 Å². The zero-order chi connectivity index (χ0) is 14.8. The number of hydrogen-bond acceptors (Lipinski definition) is 4. The Morgan fingerprint density at radius 3 is 2.60 bits per heavy atom. The summed E-state index contributed by atoms with van der Waals surface area (Å²) in [5.74, 6) is 0.471. The lowest BCUT2D eigenvalue weighted by atomic mass is 9.89. The smallest absolute Gasteiger partial charge is 0.244 e. The normalized spacial score (nSPS) is 17.8. The van der Waals surface area contributed by atoms with E-state index in [9.17, 15) is 8.42 Å². The second kappa shape index (κ2) is 6.87. The topological polar surface area (TPSA) is 57.6 Å². The van der Waals surface area contributed by atoms with Gasteiger partial charge in [-0.2, -0.15) is 0 Å². The highest BCUT2D eigenvalue weighted by molar-refractivity contribution is 9.11. The van der Waals surface area contributed by atoms with E-state index in [0.29, 0.717) is 21.1 Å². The fraction of sp³-hybridized carbons (Fsp3) is 0.692. The molecular formula is C13H20BrNO3S2. The van der Waals surface area contributed by atoms with Crippen molar-refractivity contribution in [2.75, 3.05) is 13.6 Å². The SMILES string of the molecule is CN(CC1CCCCC1)S(=O)(=O)c1cc(CO)sc1Br. The predicted molar refractivity (Wildman–Crippen MR) is 84.3 cm³/mol. The fourth-order valence-corrected chi connectivity index (χ4v) is 6.39. The summed E-state index contributed by atoms with van der Waals surface area (Å²) >= 11 is 4.55. The molecule has 1 aromatic rings. The molecule has 0 spiro atoms. The van der Waals surface area contributed by atoms with Gasteiger partial charge in [0.2, 0.25) is 10.0 Å². The molecule has 7 heteroatoms. The van der Waals surface area contributed by atoms with Crippen LogP contribution in [0.2, 0.25) is 0 Å². The first-order valence-corrected chi connectivity index (χ1v) is 9.85. The number of nitrogens with zero attached hydrogens (tertiary/aromatic N) is 1. The summed E-state index contributed by atoms with van der Waals surface area (Å²) in [6.45, 7) is 0.449. The van der Waals surface area contributed by atoms with Crippen LogP contribution in [0.3, 0.4) is 0 Å². The number of rotatable bonds is 5. The summed E-state index contributed by atoms with van der Waals surface area (Å²) in [6.07, 6.45) is 5.91. The Morgan fingerprint density at radius 2 is 2.05 bits per heavy atom. The van der Waals surface area contributed by atoms with E-state index in [2.05, 4.69) is 15.9 Å². The number of hydrogen-bond donors (Lipinski definition) is 1. The summed E-state index contributed by atoms with van der Waals surface area (Å²) in [5.41, 5.74) is 0. The van der Waals surface area contributed by atoms with E-state index >= 15 is 0 Å². The first-order chi connectivity index (χ1) is 9.45. The van der Waals surface area contributed by atoms with Gasteiger partial charge in [0, 0.05) is 18.5 Å². The van der Waals surface area contributed by atoms with Gasteiger partial charge in [0.1, 0.15) is 4.90 Å². The molecule has 20 heavy (non-hydrogen) atoms. The lowest BCUT2D eigenvalue weighted by Crippen LogP contribution is -2.32. The monoisotopic (exact) mass is 381 g/mol. The number of thiophene rings is 1. The standard InChI is InChI=1S/C13H20BrNO3S2/c1-15(8-10-5-3-2-4-6-10)20(17,18)12-7-11(9-16)19-13(12)14/h7,10,16H,2-6,8-9H2,1H3. The maximum Gasteiger partial charge on any atom is 0.244 e. The molecule has 1 heterocycles. The second-order valence-electron chi connectivity index (χ2n) is 5.30. The summed E-state index contributed by atoms with van der Waals surface area (Å²) in [5, 5.41) is 9.12. The molecule has 1 aliphatic rings. The Hall–Kier alpha value is 0.0500. The summed E-state index contributed by atoms with van der Waals surface area (Å²) in [7, 11) is -1.83. The highest BCUT2D eigenvalue weighted by Crippen LogP contribution is 2.34. The highest BCUT2D eigenvalue weighted by Gasteiger charge is 2.28. The molecule has 0 aliphatic heterocycles. The van der Waals surface area contributed by atoms with Crippen molar-refractivity contribution in [3.8, 4) is 0 Å². The maximum atomic E-state index is 12.6. The maximum absolute atomic E-state index is 12.6. The minimum Gasteiger partial charge on any atom is -0.391 e. The van der Waals surface area contributed by atoms with Crippen molar-refractivity contribution < 1.29 is 13.5 Å². The third kappa shape index (κ3) is 3.62. The summed E-state index contributed by atoms with van der Waals surface area (Å²) in [6, 6.07) is 1.56. The molecule has 1 aliphatic carbocycles. The van der Waals surface area contributed by atoms with Gasteiger partial charge in [0.15, 0.2) is 0 Å². The van der Waals surface area contributed by atoms with Gasteiger partial charge in [-0.3, -0.25) is 0 Å². The van der Waals surface area contributed by atoms with Gasteiger partial charge in [0.25, 0.3) is 0 Å². The fourth-order valence-electron chi connectivity index (χ4n) is 2.65. The third-order valence-corrected chi connectivity index (χ3v) is 7.85. The van der Waals surface area contributed by atoms with Crippen LogP contribution in [0, 0.1) is 5.92 Å². The van der Waals surface area contributed by atoms with E-state index in [1.807, 2.05) is 0 Å². The Morgan fingerprint density at radius 1 is 1.40 bits per heavy atom. The van der Waals surface area contributed by atoms with Crippen LogP contribution in [0.25, 0.3) is 0 Å². The van der Waals surface area contributed by atoms with E-state index in [0.717, 1.165) is 12.8 Å². The van der Waals surface area contributed by atoms with E-state index < -0.39 is 10.0 Å². The van der Waals surface area contributed by atoms with E-state index in [1.54, 1.807) is 13.1 Å². The molecule has 1 aromatic heterocycles. The quantitative estimate of drug-likeness (QED) is 0.851. The van der Waals surface area contributed by atoms with Gasteiger partial charge in [0.05, 0.1) is 10.4 Å². The Labute approximate surface area is 133 Å². The molecule has 114 valence electrons. The molecule has 0 unspecified atom stereocenters. The Balaban J connectivity index is 2.13. The van der Waals surface area contributed by atoms with Gasteiger partial charge in [-0.1, -0.05) is 19.3 Å². The van der Waals surface area contributed by atoms with Gasteiger partial charge in [-0.05, 0) is 40.8 Å². The second-order valence-corrected chi connectivity index (χ2v) is 9.77. The first kappa shape index (κ1) is 16.4. The molecule has 1 N–H and O–H groups in total. The van der Waals surface area contributed by atoms with Crippen molar-refractivity contribution in [2.45, 2.75) is 43.6 Å². The Bertz CT molecular complexity index is 550. The Kier molecular flexibility index (Phi) is 5.64. The number of halogens is 1. The molecule has 1 fully saturated rings. The van der Waals surface area contributed by atoms with Crippen LogP contribution in [-0.4, -0.2) is 31.4 Å². The van der Waals surface area contributed by atoms with Crippen LogP contribution in [0.1, 0.15) is 37.0 Å².